The van der Waals surface area contributed by atoms with Crippen molar-refractivity contribution in [3.8, 4) is 0 Å². The first-order valence-corrected chi connectivity index (χ1v) is 13.3. The van der Waals surface area contributed by atoms with Crippen molar-refractivity contribution in [1.82, 2.24) is 14.3 Å². The van der Waals surface area contributed by atoms with Crippen molar-refractivity contribution in [1.29, 1.82) is 0 Å². The van der Waals surface area contributed by atoms with Gasteiger partial charge in [0, 0.05) is 29.6 Å². The van der Waals surface area contributed by atoms with Gasteiger partial charge < -0.3 is 4.90 Å². The highest BCUT2D eigenvalue weighted by Crippen LogP contribution is 2.25. The number of piperidine rings is 1. The Hall–Kier alpha value is -2.76. The average molecular weight is 524 g/mol. The molecule has 0 saturated carbocycles. The first kappa shape index (κ1) is 24.4. The van der Waals surface area contributed by atoms with Crippen LogP contribution in [-0.2, 0) is 16.4 Å². The molecule has 0 unspecified atom stereocenters. The molecule has 0 spiro atoms. The lowest BCUT2D eigenvalue weighted by molar-refractivity contribution is 0.182. The molecule has 0 radical (unpaired) electrons. The van der Waals surface area contributed by atoms with E-state index in [1.165, 1.54) is 18.2 Å². The van der Waals surface area contributed by atoms with Gasteiger partial charge in [-0.15, -0.1) is 0 Å². The summed E-state index contributed by atoms with van der Waals surface area (Å²) in [5.74, 6) is -0.147. The number of hydrogen-bond acceptors (Lipinski definition) is 6. The van der Waals surface area contributed by atoms with E-state index in [4.69, 9.17) is 11.6 Å². The van der Waals surface area contributed by atoms with E-state index in [1.807, 2.05) is 6.92 Å². The van der Waals surface area contributed by atoms with Crippen LogP contribution in [0.3, 0.4) is 0 Å². The maximum atomic E-state index is 14.1. The first-order valence-electron chi connectivity index (χ1n) is 10.6. The summed E-state index contributed by atoms with van der Waals surface area (Å²) in [6, 6.07) is 10.8. The van der Waals surface area contributed by atoms with Gasteiger partial charge in [0.2, 0.25) is 5.13 Å². The maximum absolute atomic E-state index is 14.1. The molecular weight excluding hydrogens is 501 g/mol. The van der Waals surface area contributed by atoms with E-state index in [9.17, 15) is 17.6 Å². The highest BCUT2D eigenvalue weighted by Gasteiger charge is 2.25. The number of nitrogens with one attached hydrogen (secondary N) is 2. The zero-order chi connectivity index (χ0) is 24.3. The molecule has 0 aliphatic carbocycles. The second-order valence-corrected chi connectivity index (χ2v) is 11.0. The van der Waals surface area contributed by atoms with Gasteiger partial charge in [-0.1, -0.05) is 35.4 Å². The Labute approximate surface area is 206 Å². The van der Waals surface area contributed by atoms with Crippen LogP contribution < -0.4 is 10.0 Å². The van der Waals surface area contributed by atoms with Gasteiger partial charge in [0.1, 0.15) is 5.82 Å². The largest absolute Gasteiger partial charge is 0.324 e. The van der Waals surface area contributed by atoms with E-state index >= 15 is 0 Å². The second-order valence-electron chi connectivity index (χ2n) is 8.14. The summed E-state index contributed by atoms with van der Waals surface area (Å²) in [7, 11) is -3.83. The molecule has 2 aromatic carbocycles. The van der Waals surface area contributed by atoms with Crippen LogP contribution in [0.5, 0.6) is 0 Å². The highest BCUT2D eigenvalue weighted by atomic mass is 35.5. The van der Waals surface area contributed by atoms with Crippen molar-refractivity contribution >= 4 is 50.3 Å². The first-order chi connectivity index (χ1) is 16.2. The van der Waals surface area contributed by atoms with E-state index in [0.29, 0.717) is 30.1 Å². The number of rotatable bonds is 6. The normalized spacial score (nSPS) is 14.7. The minimum absolute atomic E-state index is 0.0971. The molecule has 12 heteroatoms. The smallest absolute Gasteiger partial charge is 0.323 e. The number of likely N-dealkylation sites (tertiary alicyclic amines) is 1. The van der Waals surface area contributed by atoms with Crippen LogP contribution >= 0.6 is 23.1 Å². The molecule has 180 valence electrons. The zero-order valence-electron chi connectivity index (χ0n) is 18.3. The summed E-state index contributed by atoms with van der Waals surface area (Å²) in [5.41, 5.74) is 1.57. The average Bonchev–Trinajstić information content (AvgIpc) is 3.22. The number of urea groups is 1. The topological polar surface area (TPSA) is 104 Å². The summed E-state index contributed by atoms with van der Waals surface area (Å²) < 4.78 is 45.3. The lowest BCUT2D eigenvalue weighted by atomic mass is 9.90. The molecule has 2 amide bonds. The van der Waals surface area contributed by atoms with E-state index in [2.05, 4.69) is 19.4 Å². The number of aromatic nitrogens is 2. The van der Waals surface area contributed by atoms with Crippen LogP contribution in [0, 0.1) is 18.7 Å². The number of nitrogens with zero attached hydrogens (tertiary/aromatic N) is 3. The van der Waals surface area contributed by atoms with E-state index < -0.39 is 10.0 Å². The van der Waals surface area contributed by atoms with Crippen molar-refractivity contribution in [2.24, 2.45) is 5.92 Å². The van der Waals surface area contributed by atoms with E-state index in [0.717, 1.165) is 29.9 Å². The number of carbonyl (C=O) groups excluding carboxylic acids is 1. The van der Waals surface area contributed by atoms with Gasteiger partial charge in [-0.05, 0) is 61.9 Å². The van der Waals surface area contributed by atoms with Crippen molar-refractivity contribution in [2.75, 3.05) is 23.1 Å². The highest BCUT2D eigenvalue weighted by molar-refractivity contribution is 7.92. The molecule has 8 nitrogen and oxygen atoms in total. The summed E-state index contributed by atoms with van der Waals surface area (Å²) in [4.78, 5) is 18.4. The summed E-state index contributed by atoms with van der Waals surface area (Å²) in [5, 5.41) is 3.23. The van der Waals surface area contributed by atoms with Crippen molar-refractivity contribution in [3.05, 3.63) is 64.4 Å². The van der Waals surface area contributed by atoms with Gasteiger partial charge in [0.05, 0.1) is 4.90 Å². The molecule has 1 saturated heterocycles. The number of anilines is 2. The Morgan fingerprint density at radius 3 is 2.59 bits per heavy atom. The van der Waals surface area contributed by atoms with Crippen LogP contribution in [-0.4, -0.2) is 41.8 Å². The number of sulfonamides is 1. The van der Waals surface area contributed by atoms with Gasteiger partial charge in [-0.25, -0.2) is 22.3 Å². The number of hydrogen-bond donors (Lipinski definition) is 2. The monoisotopic (exact) mass is 523 g/mol. The number of benzene rings is 2. The van der Waals surface area contributed by atoms with Crippen LogP contribution in [0.25, 0.3) is 0 Å². The van der Waals surface area contributed by atoms with Crippen molar-refractivity contribution in [2.45, 2.75) is 31.1 Å². The molecule has 1 fully saturated rings. The molecule has 34 heavy (non-hydrogen) atoms. The molecular formula is C22H23ClFN5O3S2. The minimum Gasteiger partial charge on any atom is -0.324 e. The predicted octanol–water partition coefficient (Wildman–Crippen LogP) is 4.93. The third kappa shape index (κ3) is 6.02. The molecule has 1 aliphatic heterocycles. The lowest BCUT2D eigenvalue weighted by Crippen LogP contribution is -2.41. The fourth-order valence-corrected chi connectivity index (χ4v) is 5.40. The van der Waals surface area contributed by atoms with Crippen LogP contribution in [0.2, 0.25) is 5.02 Å². The fourth-order valence-electron chi connectivity index (χ4n) is 3.72. The quantitative estimate of drug-likeness (QED) is 0.477. The van der Waals surface area contributed by atoms with Gasteiger partial charge in [0.25, 0.3) is 16.0 Å². The Morgan fingerprint density at radius 1 is 1.21 bits per heavy atom. The molecule has 2 N–H and O–H groups in total. The third-order valence-electron chi connectivity index (χ3n) is 5.62. The minimum atomic E-state index is -3.83. The fraction of sp³-hybridized carbons (Fsp3) is 0.318. The van der Waals surface area contributed by atoms with Crippen molar-refractivity contribution < 1.29 is 17.6 Å². The Kier molecular flexibility index (Phi) is 7.34. The van der Waals surface area contributed by atoms with Crippen LogP contribution in [0.4, 0.5) is 20.3 Å². The molecule has 2 heterocycles. The van der Waals surface area contributed by atoms with Gasteiger partial charge in [-0.3, -0.25) is 5.32 Å². The zero-order valence-corrected chi connectivity index (χ0v) is 20.7. The third-order valence-corrected chi connectivity index (χ3v) is 7.83. The van der Waals surface area contributed by atoms with Gasteiger partial charge >= 0.3 is 6.03 Å². The van der Waals surface area contributed by atoms with Gasteiger partial charge in [0.15, 0.2) is 0 Å². The summed E-state index contributed by atoms with van der Waals surface area (Å²) in [6.45, 7) is 2.91. The van der Waals surface area contributed by atoms with E-state index in [-0.39, 0.29) is 33.7 Å². The molecule has 4 rings (SSSR count). The Morgan fingerprint density at radius 2 is 1.91 bits per heavy atom. The molecule has 3 aromatic rings. The number of amides is 2. The number of aryl methyl sites for hydroxylation is 1. The maximum Gasteiger partial charge on any atom is 0.323 e. The molecule has 1 aromatic heterocycles. The Balaban J connectivity index is 1.29. The predicted molar refractivity (Wildman–Crippen MR) is 130 cm³/mol. The Bertz CT molecular complexity index is 1280. The van der Waals surface area contributed by atoms with Crippen LogP contribution in [0.15, 0.2) is 47.4 Å². The number of halogens is 2. The molecule has 0 atom stereocenters. The van der Waals surface area contributed by atoms with E-state index in [1.54, 1.807) is 29.2 Å². The lowest BCUT2D eigenvalue weighted by Gasteiger charge is -2.31. The number of carbonyl (C=O) groups is 1. The molecule has 0 bridgehead atoms. The molecule has 1 aliphatic rings. The summed E-state index contributed by atoms with van der Waals surface area (Å²) >= 11 is 6.70. The SMILES string of the molecule is Cc1ccc(S(=O)(=O)Nc2nsc(NC(=O)N3CCC(Cc4ccc(Cl)cc4F)CC3)n2)cc1. The standard InChI is InChI=1S/C22H23ClFN5O3S2/c1-14-2-6-18(7-3-14)34(31,32)28-20-25-21(33-27-20)26-22(30)29-10-8-15(9-11-29)12-16-4-5-17(23)13-19(16)24/h2-7,13,15H,8-12H2,1H3,(H2,25,26,27,28,30). The summed E-state index contributed by atoms with van der Waals surface area (Å²) in [6.07, 6.45) is 2.08. The van der Waals surface area contributed by atoms with Crippen LogP contribution in [0.1, 0.15) is 24.0 Å². The van der Waals surface area contributed by atoms with Crippen molar-refractivity contribution in [3.63, 3.8) is 0 Å². The second kappa shape index (κ2) is 10.2. The van der Waals surface area contributed by atoms with Gasteiger partial charge in [-0.2, -0.15) is 9.36 Å².